The molecule has 6 heteroatoms. The number of nitrogens with zero attached hydrogens (tertiary/aromatic N) is 3. The van der Waals surface area contributed by atoms with Crippen LogP contribution in [0, 0.1) is 6.92 Å². The Morgan fingerprint density at radius 3 is 2.58 bits per heavy atom. The summed E-state index contributed by atoms with van der Waals surface area (Å²) in [5.41, 5.74) is 3.32. The highest BCUT2D eigenvalue weighted by atomic mass is 16.5. The first-order chi connectivity index (χ1) is 11.6. The fraction of sp³-hybridized carbons (Fsp3) is 0.333. The summed E-state index contributed by atoms with van der Waals surface area (Å²) >= 11 is 0. The van der Waals surface area contributed by atoms with Crippen molar-refractivity contribution in [3.05, 3.63) is 47.7 Å². The third-order valence-electron chi connectivity index (χ3n) is 4.19. The van der Waals surface area contributed by atoms with E-state index >= 15 is 0 Å². The molecule has 1 aromatic carbocycles. The van der Waals surface area contributed by atoms with Crippen LogP contribution in [0.15, 0.2) is 36.4 Å². The van der Waals surface area contributed by atoms with Crippen molar-refractivity contribution in [2.45, 2.75) is 13.3 Å². The number of hydrogen-bond acceptors (Lipinski definition) is 3. The van der Waals surface area contributed by atoms with E-state index in [-0.39, 0.29) is 6.03 Å². The third kappa shape index (κ3) is 3.42. The lowest BCUT2D eigenvalue weighted by Crippen LogP contribution is -2.38. The van der Waals surface area contributed by atoms with Crippen molar-refractivity contribution in [3.8, 4) is 5.75 Å². The number of rotatable bonds is 3. The van der Waals surface area contributed by atoms with Crippen LogP contribution < -0.4 is 10.1 Å². The average Bonchev–Trinajstić information content (AvgIpc) is 2.92. The molecule has 24 heavy (non-hydrogen) atoms. The van der Waals surface area contributed by atoms with Crippen molar-refractivity contribution in [3.63, 3.8) is 0 Å². The Labute approximate surface area is 141 Å². The Morgan fingerprint density at radius 1 is 1.29 bits per heavy atom. The van der Waals surface area contributed by atoms with E-state index in [1.165, 1.54) is 11.1 Å². The summed E-state index contributed by atoms with van der Waals surface area (Å²) in [6, 6.07) is 9.79. The van der Waals surface area contributed by atoms with Gasteiger partial charge in [-0.15, -0.1) is 0 Å². The van der Waals surface area contributed by atoms with Gasteiger partial charge in [0.05, 0.1) is 12.8 Å². The first-order valence-electron chi connectivity index (χ1n) is 7.97. The largest absolute Gasteiger partial charge is 0.497 e. The van der Waals surface area contributed by atoms with Gasteiger partial charge in [0.25, 0.3) is 0 Å². The molecule has 3 rings (SSSR count). The molecule has 0 saturated heterocycles. The number of hydrogen-bond donors (Lipinski definition) is 1. The van der Waals surface area contributed by atoms with Crippen molar-refractivity contribution in [2.24, 2.45) is 7.05 Å². The van der Waals surface area contributed by atoms with E-state index < -0.39 is 0 Å². The molecule has 1 aliphatic heterocycles. The number of amides is 2. The topological polar surface area (TPSA) is 59.4 Å². The van der Waals surface area contributed by atoms with Gasteiger partial charge in [-0.1, -0.05) is 18.2 Å². The molecule has 0 aliphatic carbocycles. The predicted molar refractivity (Wildman–Crippen MR) is 94.1 cm³/mol. The predicted octanol–water partition coefficient (Wildman–Crippen LogP) is 3.06. The Kier molecular flexibility index (Phi) is 4.55. The van der Waals surface area contributed by atoms with E-state index in [9.17, 15) is 4.79 Å². The summed E-state index contributed by atoms with van der Waals surface area (Å²) in [5.74, 6) is 1.56. The molecule has 2 amide bonds. The average molecular weight is 326 g/mol. The molecule has 2 aromatic rings. The SMILES string of the molecule is COc1ccc(C2=CCN(C(=O)Nc3cc(C)nn3C)CC2)cc1. The lowest BCUT2D eigenvalue weighted by molar-refractivity contribution is 0.216. The second-order valence-electron chi connectivity index (χ2n) is 5.88. The molecule has 0 atom stereocenters. The van der Waals surface area contributed by atoms with Crippen molar-refractivity contribution >= 4 is 17.4 Å². The summed E-state index contributed by atoms with van der Waals surface area (Å²) in [4.78, 5) is 14.2. The molecular weight excluding hydrogens is 304 g/mol. The summed E-state index contributed by atoms with van der Waals surface area (Å²) in [6.07, 6.45) is 2.95. The molecule has 0 spiro atoms. The molecule has 0 saturated carbocycles. The minimum absolute atomic E-state index is 0.0944. The van der Waals surface area contributed by atoms with Crippen LogP contribution in [0.25, 0.3) is 5.57 Å². The monoisotopic (exact) mass is 326 g/mol. The fourth-order valence-electron chi connectivity index (χ4n) is 2.84. The Hall–Kier alpha value is -2.76. The van der Waals surface area contributed by atoms with Crippen LogP contribution in [-0.2, 0) is 7.05 Å². The number of urea groups is 1. The first-order valence-corrected chi connectivity index (χ1v) is 7.97. The molecule has 6 nitrogen and oxygen atoms in total. The smallest absolute Gasteiger partial charge is 0.323 e. The maximum absolute atomic E-state index is 12.4. The molecule has 2 heterocycles. The normalized spacial score (nSPS) is 14.3. The number of ether oxygens (including phenoxy) is 1. The first kappa shape index (κ1) is 16.1. The van der Waals surface area contributed by atoms with Gasteiger partial charge in [-0.25, -0.2) is 4.79 Å². The number of methoxy groups -OCH3 is 1. The van der Waals surface area contributed by atoms with E-state index in [0.717, 1.165) is 17.9 Å². The van der Waals surface area contributed by atoms with E-state index in [1.54, 1.807) is 16.7 Å². The van der Waals surface area contributed by atoms with Crippen LogP contribution >= 0.6 is 0 Å². The standard InChI is InChI=1S/C18H22N4O2/c1-13-12-17(21(2)20-13)19-18(23)22-10-8-15(9-11-22)14-4-6-16(24-3)7-5-14/h4-8,12H,9-11H2,1-3H3,(H,19,23). The zero-order valence-electron chi connectivity index (χ0n) is 14.2. The molecule has 0 unspecified atom stereocenters. The zero-order valence-corrected chi connectivity index (χ0v) is 14.2. The molecule has 1 N–H and O–H groups in total. The lowest BCUT2D eigenvalue weighted by atomic mass is 9.99. The number of benzene rings is 1. The number of aromatic nitrogens is 2. The van der Waals surface area contributed by atoms with Crippen LogP contribution in [-0.4, -0.2) is 40.9 Å². The highest BCUT2D eigenvalue weighted by Crippen LogP contribution is 2.24. The maximum atomic E-state index is 12.4. The number of anilines is 1. The summed E-state index contributed by atoms with van der Waals surface area (Å²) in [7, 11) is 3.48. The van der Waals surface area contributed by atoms with Crippen molar-refractivity contribution in [1.29, 1.82) is 0 Å². The van der Waals surface area contributed by atoms with Crippen LogP contribution in [0.3, 0.4) is 0 Å². The summed E-state index contributed by atoms with van der Waals surface area (Å²) < 4.78 is 6.86. The van der Waals surface area contributed by atoms with Crippen LogP contribution in [0.5, 0.6) is 5.75 Å². The van der Waals surface area contributed by atoms with Crippen LogP contribution in [0.1, 0.15) is 17.7 Å². The Morgan fingerprint density at radius 2 is 2.04 bits per heavy atom. The summed E-state index contributed by atoms with van der Waals surface area (Å²) in [6.45, 7) is 3.20. The molecule has 126 valence electrons. The molecular formula is C18H22N4O2. The van der Waals surface area contributed by atoms with E-state index in [2.05, 4.69) is 28.6 Å². The molecule has 0 fully saturated rings. The van der Waals surface area contributed by atoms with Gasteiger partial charge in [0, 0.05) is 26.2 Å². The Balaban J connectivity index is 1.63. The van der Waals surface area contributed by atoms with E-state index in [1.807, 2.05) is 32.2 Å². The van der Waals surface area contributed by atoms with Crippen molar-refractivity contribution in [1.82, 2.24) is 14.7 Å². The number of carbonyl (C=O) groups is 1. The highest BCUT2D eigenvalue weighted by molar-refractivity contribution is 5.89. The lowest BCUT2D eigenvalue weighted by Gasteiger charge is -2.26. The summed E-state index contributed by atoms with van der Waals surface area (Å²) in [5, 5.41) is 7.15. The van der Waals surface area contributed by atoms with Gasteiger partial charge in [0.1, 0.15) is 11.6 Å². The van der Waals surface area contributed by atoms with Gasteiger partial charge in [-0.3, -0.25) is 10.00 Å². The van der Waals surface area contributed by atoms with Crippen LogP contribution in [0.2, 0.25) is 0 Å². The molecule has 0 radical (unpaired) electrons. The molecule has 0 bridgehead atoms. The van der Waals surface area contributed by atoms with Gasteiger partial charge >= 0.3 is 6.03 Å². The Bertz CT molecular complexity index is 762. The quantitative estimate of drug-likeness (QED) is 0.943. The minimum Gasteiger partial charge on any atom is -0.497 e. The maximum Gasteiger partial charge on any atom is 0.323 e. The third-order valence-corrected chi connectivity index (χ3v) is 4.19. The second kappa shape index (κ2) is 6.78. The second-order valence-corrected chi connectivity index (χ2v) is 5.88. The number of nitrogens with one attached hydrogen (secondary N) is 1. The van der Waals surface area contributed by atoms with Crippen molar-refractivity contribution < 1.29 is 9.53 Å². The fourth-order valence-corrected chi connectivity index (χ4v) is 2.84. The van der Waals surface area contributed by atoms with E-state index in [4.69, 9.17) is 4.74 Å². The van der Waals surface area contributed by atoms with Crippen LogP contribution in [0.4, 0.5) is 10.6 Å². The van der Waals surface area contributed by atoms with Gasteiger partial charge in [-0.2, -0.15) is 5.10 Å². The van der Waals surface area contributed by atoms with Gasteiger partial charge in [0.15, 0.2) is 0 Å². The molecule has 1 aliphatic rings. The minimum atomic E-state index is -0.0944. The van der Waals surface area contributed by atoms with Crippen molar-refractivity contribution in [2.75, 3.05) is 25.5 Å². The van der Waals surface area contributed by atoms with Gasteiger partial charge in [-0.05, 0) is 36.6 Å². The van der Waals surface area contributed by atoms with Gasteiger partial charge < -0.3 is 9.64 Å². The van der Waals surface area contributed by atoms with Gasteiger partial charge in [0.2, 0.25) is 0 Å². The number of aryl methyl sites for hydroxylation is 2. The highest BCUT2D eigenvalue weighted by Gasteiger charge is 2.19. The zero-order chi connectivity index (χ0) is 17.1. The molecule has 1 aromatic heterocycles. The number of carbonyl (C=O) groups excluding carboxylic acids is 1. The van der Waals surface area contributed by atoms with E-state index in [0.29, 0.717) is 18.9 Å².